The molecule has 5 nitrogen and oxygen atoms in total. The van der Waals surface area contributed by atoms with Crippen LogP contribution in [0.2, 0.25) is 0 Å². The van der Waals surface area contributed by atoms with E-state index < -0.39 is 6.29 Å². The Hall–Kier alpha value is -2.71. The molecule has 158 valence electrons. The van der Waals surface area contributed by atoms with Crippen molar-refractivity contribution in [2.24, 2.45) is 0 Å². The first-order valence-electron chi connectivity index (χ1n) is 9.63. The first-order chi connectivity index (χ1) is 15.2. The molecule has 0 saturated heterocycles. The number of hydrogen-bond donors (Lipinski definition) is 0. The minimum absolute atomic E-state index is 0.470. The molecule has 1 atom stereocenters. The zero-order valence-electron chi connectivity index (χ0n) is 17.2. The van der Waals surface area contributed by atoms with Crippen LogP contribution in [0.25, 0.3) is 21.2 Å². The monoisotopic (exact) mass is 452 g/mol. The minimum atomic E-state index is -0.470. The standard InChI is InChI=1S/C24H20O5S2/c1-25-15-10-8-14(9-11-15)21-22(28-19-13-30-20-7-5-4-6-16(19)20)18(26-2)12-17-23(21)31-29-24(17)27-3/h4-13,24H,1-3H3. The fourth-order valence-electron chi connectivity index (χ4n) is 3.63. The summed E-state index contributed by atoms with van der Waals surface area (Å²) >= 11 is 2.94. The zero-order chi connectivity index (χ0) is 21.4. The van der Waals surface area contributed by atoms with Crippen molar-refractivity contribution in [3.05, 3.63) is 65.5 Å². The first-order valence-corrected chi connectivity index (χ1v) is 11.2. The summed E-state index contributed by atoms with van der Waals surface area (Å²) in [6.45, 7) is 0. The van der Waals surface area contributed by atoms with Crippen LogP contribution < -0.4 is 14.2 Å². The van der Waals surface area contributed by atoms with Gasteiger partial charge in [0.25, 0.3) is 0 Å². The molecule has 2 heterocycles. The number of benzene rings is 3. The Morgan fingerprint density at radius 3 is 2.45 bits per heavy atom. The molecule has 0 spiro atoms. The molecule has 7 heteroatoms. The van der Waals surface area contributed by atoms with E-state index in [1.54, 1.807) is 32.7 Å². The van der Waals surface area contributed by atoms with Crippen LogP contribution in [0, 0.1) is 0 Å². The number of thiophene rings is 1. The van der Waals surface area contributed by atoms with Gasteiger partial charge in [0.15, 0.2) is 17.8 Å². The molecule has 0 amide bonds. The molecule has 0 N–H and O–H groups in total. The third-order valence-corrected chi connectivity index (χ3v) is 6.99. The Labute approximate surface area is 188 Å². The highest BCUT2D eigenvalue weighted by Crippen LogP contribution is 2.55. The van der Waals surface area contributed by atoms with Crippen LogP contribution in [0.3, 0.4) is 0 Å². The molecule has 0 radical (unpaired) electrons. The molecular weight excluding hydrogens is 432 g/mol. The molecule has 31 heavy (non-hydrogen) atoms. The largest absolute Gasteiger partial charge is 0.497 e. The maximum Gasteiger partial charge on any atom is 0.198 e. The highest BCUT2D eigenvalue weighted by molar-refractivity contribution is 7.95. The number of hydrogen-bond acceptors (Lipinski definition) is 7. The van der Waals surface area contributed by atoms with E-state index in [0.717, 1.165) is 38.5 Å². The summed E-state index contributed by atoms with van der Waals surface area (Å²) < 4.78 is 30.1. The van der Waals surface area contributed by atoms with Gasteiger partial charge in [0, 0.05) is 45.7 Å². The van der Waals surface area contributed by atoms with E-state index in [-0.39, 0.29) is 0 Å². The fraction of sp³-hybridized carbons (Fsp3) is 0.167. The van der Waals surface area contributed by atoms with Crippen LogP contribution in [-0.2, 0) is 8.92 Å². The quantitative estimate of drug-likeness (QED) is 0.292. The van der Waals surface area contributed by atoms with E-state index >= 15 is 0 Å². The van der Waals surface area contributed by atoms with Crippen LogP contribution in [0.4, 0.5) is 0 Å². The van der Waals surface area contributed by atoms with E-state index in [1.165, 1.54) is 16.7 Å². The third-order valence-electron chi connectivity index (χ3n) is 5.17. The average Bonchev–Trinajstić information content (AvgIpc) is 3.42. The van der Waals surface area contributed by atoms with Crippen LogP contribution in [0.5, 0.6) is 23.0 Å². The molecule has 3 aromatic carbocycles. The molecule has 5 rings (SSSR count). The van der Waals surface area contributed by atoms with Crippen molar-refractivity contribution in [1.82, 2.24) is 0 Å². The Morgan fingerprint density at radius 1 is 0.903 bits per heavy atom. The molecular formula is C24H20O5S2. The van der Waals surface area contributed by atoms with Gasteiger partial charge < -0.3 is 18.9 Å². The Kier molecular flexibility index (Phi) is 5.50. The van der Waals surface area contributed by atoms with Gasteiger partial charge in [-0.15, -0.1) is 11.3 Å². The van der Waals surface area contributed by atoms with Gasteiger partial charge in [-0.3, -0.25) is 4.18 Å². The number of rotatable bonds is 6. The van der Waals surface area contributed by atoms with E-state index in [1.807, 2.05) is 47.8 Å². The van der Waals surface area contributed by atoms with Crippen molar-refractivity contribution in [3.63, 3.8) is 0 Å². The predicted octanol–water partition coefficient (Wildman–Crippen LogP) is 7.06. The lowest BCUT2D eigenvalue weighted by Crippen LogP contribution is -2.01. The summed E-state index contributed by atoms with van der Waals surface area (Å²) in [5, 5.41) is 3.09. The summed E-state index contributed by atoms with van der Waals surface area (Å²) in [5.41, 5.74) is 2.79. The normalized spacial score (nSPS) is 15.1. The third kappa shape index (κ3) is 3.53. The number of ether oxygens (including phenoxy) is 4. The van der Waals surface area contributed by atoms with Crippen LogP contribution in [0.15, 0.2) is 64.9 Å². The minimum Gasteiger partial charge on any atom is -0.497 e. The van der Waals surface area contributed by atoms with E-state index in [0.29, 0.717) is 11.5 Å². The van der Waals surface area contributed by atoms with Crippen molar-refractivity contribution in [2.45, 2.75) is 11.2 Å². The second-order valence-corrected chi connectivity index (χ2v) is 8.55. The van der Waals surface area contributed by atoms with Crippen molar-refractivity contribution in [2.75, 3.05) is 21.3 Å². The van der Waals surface area contributed by atoms with E-state index in [9.17, 15) is 0 Å². The summed E-state index contributed by atoms with van der Waals surface area (Å²) in [5.74, 6) is 2.84. The van der Waals surface area contributed by atoms with Gasteiger partial charge in [0.2, 0.25) is 0 Å². The molecule has 0 saturated carbocycles. The molecule has 0 fully saturated rings. The van der Waals surface area contributed by atoms with Crippen molar-refractivity contribution in [1.29, 1.82) is 0 Å². The Bertz CT molecular complexity index is 1230. The van der Waals surface area contributed by atoms with Crippen molar-refractivity contribution < 1.29 is 23.1 Å². The molecule has 1 unspecified atom stereocenters. The molecule has 4 aromatic rings. The van der Waals surface area contributed by atoms with E-state index in [2.05, 4.69) is 12.1 Å². The van der Waals surface area contributed by atoms with Crippen molar-refractivity contribution >= 4 is 33.5 Å². The highest BCUT2D eigenvalue weighted by Gasteiger charge is 2.33. The average molecular weight is 453 g/mol. The highest BCUT2D eigenvalue weighted by atomic mass is 32.2. The molecule has 1 aliphatic rings. The van der Waals surface area contributed by atoms with E-state index in [4.69, 9.17) is 23.1 Å². The summed E-state index contributed by atoms with van der Waals surface area (Å²) in [7, 11) is 4.92. The molecule has 0 bridgehead atoms. The van der Waals surface area contributed by atoms with Gasteiger partial charge >= 0.3 is 0 Å². The number of methoxy groups -OCH3 is 3. The second kappa shape index (κ2) is 8.43. The number of fused-ring (bicyclic) bond motifs is 2. The van der Waals surface area contributed by atoms with Gasteiger partial charge in [0.1, 0.15) is 11.5 Å². The molecule has 1 aromatic heterocycles. The van der Waals surface area contributed by atoms with Crippen LogP contribution in [0.1, 0.15) is 11.9 Å². The summed E-state index contributed by atoms with van der Waals surface area (Å²) in [6.07, 6.45) is -0.470. The lowest BCUT2D eigenvalue weighted by molar-refractivity contribution is -0.0376. The SMILES string of the molecule is COc1ccc(-c2c(Oc3csc4ccccc34)c(OC)cc3c2SOC3OC)cc1. The predicted molar refractivity (Wildman–Crippen MR) is 124 cm³/mol. The lowest BCUT2D eigenvalue weighted by Gasteiger charge is -2.18. The topological polar surface area (TPSA) is 46.2 Å². The molecule has 1 aliphatic heterocycles. The summed E-state index contributed by atoms with van der Waals surface area (Å²) in [4.78, 5) is 0.951. The summed E-state index contributed by atoms with van der Waals surface area (Å²) in [6, 6.07) is 18.0. The molecule has 0 aliphatic carbocycles. The van der Waals surface area contributed by atoms with Gasteiger partial charge in [-0.1, -0.05) is 24.3 Å². The smallest absolute Gasteiger partial charge is 0.198 e. The maximum atomic E-state index is 6.53. The van der Waals surface area contributed by atoms with Gasteiger partial charge in [-0.2, -0.15) is 0 Å². The zero-order valence-corrected chi connectivity index (χ0v) is 18.8. The van der Waals surface area contributed by atoms with Crippen LogP contribution >= 0.6 is 23.4 Å². The van der Waals surface area contributed by atoms with Crippen LogP contribution in [-0.4, -0.2) is 21.3 Å². The Morgan fingerprint density at radius 2 is 1.71 bits per heavy atom. The van der Waals surface area contributed by atoms with Gasteiger partial charge in [-0.25, -0.2) is 0 Å². The lowest BCUT2D eigenvalue weighted by atomic mass is 10.00. The maximum absolute atomic E-state index is 6.53. The fourth-order valence-corrected chi connectivity index (χ4v) is 5.41. The first kappa shape index (κ1) is 20.2. The Balaban J connectivity index is 1.72. The van der Waals surface area contributed by atoms with Crippen molar-refractivity contribution in [3.8, 4) is 34.1 Å². The second-order valence-electron chi connectivity index (χ2n) is 6.88. The van der Waals surface area contributed by atoms with Gasteiger partial charge in [-0.05, 0) is 35.9 Å². The van der Waals surface area contributed by atoms with Gasteiger partial charge in [0.05, 0.1) is 19.1 Å².